The maximum Gasteiger partial charge on any atom is 0.416 e. The Balaban J connectivity index is 1.42. The van der Waals surface area contributed by atoms with Gasteiger partial charge in [0.05, 0.1) is 34.0 Å². The van der Waals surface area contributed by atoms with Gasteiger partial charge < -0.3 is 5.32 Å². The number of rotatable bonds is 7. The van der Waals surface area contributed by atoms with Crippen LogP contribution in [0.15, 0.2) is 83.8 Å². The first kappa shape index (κ1) is 32.0. The van der Waals surface area contributed by atoms with Crippen LogP contribution in [0.5, 0.6) is 0 Å². The average Bonchev–Trinajstić information content (AvgIpc) is 3.51. The minimum atomic E-state index is -4.59. The Morgan fingerprint density at radius 3 is 1.93 bits per heavy atom. The Bertz CT molecular complexity index is 1720. The Morgan fingerprint density at radius 1 is 0.822 bits per heavy atom. The summed E-state index contributed by atoms with van der Waals surface area (Å²) in [6.45, 7) is -0.203. The number of benzene rings is 3. The molecular weight excluding hydrogens is 629 g/mol. The predicted octanol–water partition coefficient (Wildman–Crippen LogP) is 6.46. The zero-order valence-corrected chi connectivity index (χ0v) is 23.8. The van der Waals surface area contributed by atoms with Gasteiger partial charge in [0.15, 0.2) is 5.82 Å². The van der Waals surface area contributed by atoms with Gasteiger partial charge in [0.2, 0.25) is 15.9 Å². The van der Waals surface area contributed by atoms with Gasteiger partial charge >= 0.3 is 12.4 Å². The van der Waals surface area contributed by atoms with Crippen LogP contribution in [0.1, 0.15) is 29.7 Å². The number of carbonyl (C=O) groups is 1. The maximum atomic E-state index is 13.3. The van der Waals surface area contributed by atoms with E-state index in [0.29, 0.717) is 6.42 Å². The molecule has 7 nitrogen and oxygen atoms in total. The fourth-order valence-corrected chi connectivity index (χ4v) is 6.49. The van der Waals surface area contributed by atoms with Crippen LogP contribution in [-0.4, -0.2) is 41.2 Å². The topological polar surface area (TPSA) is 92.3 Å². The van der Waals surface area contributed by atoms with Gasteiger partial charge in [-0.05, 0) is 67.4 Å². The van der Waals surface area contributed by atoms with E-state index in [0.717, 1.165) is 65.0 Å². The number of amides is 1. The summed E-state index contributed by atoms with van der Waals surface area (Å²) in [6, 6.07) is 12.6. The molecule has 15 heteroatoms. The zero-order chi connectivity index (χ0) is 32.6. The number of carbonyl (C=O) groups excluding carboxylic acids is 1. The molecule has 0 aliphatic carbocycles. The highest BCUT2D eigenvalue weighted by molar-refractivity contribution is 7.89. The first-order chi connectivity index (χ1) is 21.1. The van der Waals surface area contributed by atoms with Crippen LogP contribution in [0, 0.1) is 5.82 Å². The van der Waals surface area contributed by atoms with Crippen LogP contribution in [-0.2, 0) is 33.7 Å². The summed E-state index contributed by atoms with van der Waals surface area (Å²) in [5, 5.41) is 2.63. The molecule has 1 atom stereocenters. The molecule has 1 amide bonds. The lowest BCUT2D eigenvalue weighted by Crippen LogP contribution is -2.45. The standard InChI is InChI=1S/C30H23F7N4O3S/c31-22-11-13-24(14-12-22)45(43,44)41-15-1-2-26(41)28(42)38-17-23-16-25(18-3-7-20(8-4-18)29(32,33)34)40-27(39-23)19-5-9-21(10-6-19)30(35,36)37/h3-14,16,26H,1-2,15,17H2,(H,38,42). The van der Waals surface area contributed by atoms with Crippen molar-refractivity contribution in [3.63, 3.8) is 0 Å². The number of aromatic nitrogens is 2. The number of sulfonamides is 1. The number of nitrogens with zero attached hydrogens (tertiary/aromatic N) is 3. The van der Waals surface area contributed by atoms with E-state index in [1.165, 1.54) is 18.2 Å². The maximum absolute atomic E-state index is 13.3. The number of alkyl halides is 6. The summed E-state index contributed by atoms with van der Waals surface area (Å²) >= 11 is 0. The van der Waals surface area contributed by atoms with Crippen LogP contribution >= 0.6 is 0 Å². The summed E-state index contributed by atoms with van der Waals surface area (Å²) in [5.74, 6) is -1.32. The van der Waals surface area contributed by atoms with E-state index in [1.807, 2.05) is 0 Å². The molecule has 1 fully saturated rings. The van der Waals surface area contributed by atoms with Crippen LogP contribution < -0.4 is 5.32 Å². The largest absolute Gasteiger partial charge is 0.416 e. The number of nitrogens with one attached hydrogen (secondary N) is 1. The summed E-state index contributed by atoms with van der Waals surface area (Å²) in [6.07, 6.45) is -8.57. The van der Waals surface area contributed by atoms with Gasteiger partial charge in [-0.3, -0.25) is 4.79 Å². The lowest BCUT2D eigenvalue weighted by atomic mass is 10.1. The molecule has 4 aromatic rings. The van der Waals surface area contributed by atoms with Gasteiger partial charge in [-0.25, -0.2) is 22.8 Å². The first-order valence-electron chi connectivity index (χ1n) is 13.4. The van der Waals surface area contributed by atoms with Gasteiger partial charge in [-0.1, -0.05) is 24.3 Å². The monoisotopic (exact) mass is 652 g/mol. The van der Waals surface area contributed by atoms with Gasteiger partial charge in [-0.2, -0.15) is 30.6 Å². The van der Waals surface area contributed by atoms with Gasteiger partial charge in [0, 0.05) is 17.7 Å². The van der Waals surface area contributed by atoms with Crippen molar-refractivity contribution in [2.75, 3.05) is 6.54 Å². The molecule has 236 valence electrons. The van der Waals surface area contributed by atoms with Crippen molar-refractivity contribution < 1.29 is 43.9 Å². The van der Waals surface area contributed by atoms with Crippen molar-refractivity contribution in [2.24, 2.45) is 0 Å². The molecule has 0 bridgehead atoms. The lowest BCUT2D eigenvalue weighted by Gasteiger charge is -2.23. The Morgan fingerprint density at radius 2 is 1.38 bits per heavy atom. The van der Waals surface area contributed by atoms with Gasteiger partial charge in [0.1, 0.15) is 11.9 Å². The fraction of sp³-hybridized carbons (Fsp3) is 0.233. The minimum Gasteiger partial charge on any atom is -0.349 e. The van der Waals surface area contributed by atoms with Crippen LogP contribution in [0.2, 0.25) is 0 Å². The van der Waals surface area contributed by atoms with Crippen molar-refractivity contribution >= 4 is 15.9 Å². The van der Waals surface area contributed by atoms with Crippen molar-refractivity contribution in [3.8, 4) is 22.6 Å². The molecule has 2 heterocycles. The molecule has 1 saturated heterocycles. The quantitative estimate of drug-likeness (QED) is 0.232. The Kier molecular flexibility index (Phi) is 8.68. The summed E-state index contributed by atoms with van der Waals surface area (Å²) in [7, 11) is -4.13. The first-order valence-corrected chi connectivity index (χ1v) is 14.9. The molecule has 0 radical (unpaired) electrons. The Hall–Kier alpha value is -4.37. The van der Waals surface area contributed by atoms with Crippen LogP contribution in [0.3, 0.4) is 0 Å². The molecule has 1 N–H and O–H groups in total. The van der Waals surface area contributed by atoms with Crippen molar-refractivity contribution in [1.82, 2.24) is 19.6 Å². The highest BCUT2D eigenvalue weighted by Crippen LogP contribution is 2.33. The second-order valence-electron chi connectivity index (χ2n) is 10.2. The molecule has 0 spiro atoms. The molecule has 1 unspecified atom stereocenters. The van der Waals surface area contributed by atoms with Crippen molar-refractivity contribution in [2.45, 2.75) is 42.7 Å². The third kappa shape index (κ3) is 7.14. The van der Waals surface area contributed by atoms with Crippen molar-refractivity contribution in [3.05, 3.63) is 102 Å². The second-order valence-corrected chi connectivity index (χ2v) is 12.1. The fourth-order valence-electron chi connectivity index (χ4n) is 4.83. The van der Waals surface area contributed by atoms with E-state index < -0.39 is 51.3 Å². The molecule has 5 rings (SSSR count). The smallest absolute Gasteiger partial charge is 0.349 e. The van der Waals surface area contributed by atoms with E-state index in [1.54, 1.807) is 0 Å². The van der Waals surface area contributed by atoms with Crippen LogP contribution in [0.25, 0.3) is 22.6 Å². The molecule has 45 heavy (non-hydrogen) atoms. The third-order valence-electron chi connectivity index (χ3n) is 7.13. The minimum absolute atomic E-state index is 0.0493. The summed E-state index contributed by atoms with van der Waals surface area (Å²) in [5.41, 5.74) is -1.08. The number of hydrogen-bond donors (Lipinski definition) is 1. The zero-order valence-electron chi connectivity index (χ0n) is 23.0. The third-order valence-corrected chi connectivity index (χ3v) is 9.05. The lowest BCUT2D eigenvalue weighted by molar-refractivity contribution is -0.138. The number of halogens is 7. The highest BCUT2D eigenvalue weighted by Gasteiger charge is 2.39. The Labute approximate surface area is 252 Å². The SMILES string of the molecule is O=C(NCc1cc(-c2ccc(C(F)(F)F)cc2)nc(-c2ccc(C(F)(F)F)cc2)n1)C1CCCN1S(=O)(=O)c1ccc(F)cc1. The molecule has 3 aromatic carbocycles. The average molecular weight is 653 g/mol. The molecule has 1 aliphatic rings. The van der Waals surface area contributed by atoms with E-state index in [4.69, 9.17) is 0 Å². The number of hydrogen-bond acceptors (Lipinski definition) is 5. The molecule has 1 aromatic heterocycles. The predicted molar refractivity (Wildman–Crippen MR) is 148 cm³/mol. The second kappa shape index (κ2) is 12.2. The molecule has 0 saturated carbocycles. The normalized spacial score (nSPS) is 16.1. The van der Waals surface area contributed by atoms with Gasteiger partial charge in [0.25, 0.3) is 0 Å². The van der Waals surface area contributed by atoms with E-state index >= 15 is 0 Å². The van der Waals surface area contributed by atoms with E-state index in [2.05, 4.69) is 15.3 Å². The van der Waals surface area contributed by atoms with Crippen molar-refractivity contribution in [1.29, 1.82) is 0 Å². The van der Waals surface area contributed by atoms with E-state index in [-0.39, 0.29) is 52.7 Å². The van der Waals surface area contributed by atoms with E-state index in [9.17, 15) is 43.9 Å². The van der Waals surface area contributed by atoms with Gasteiger partial charge in [-0.15, -0.1) is 0 Å². The summed E-state index contributed by atoms with van der Waals surface area (Å²) < 4.78 is 119. The van der Waals surface area contributed by atoms with Crippen LogP contribution in [0.4, 0.5) is 30.7 Å². The molecule has 1 aliphatic heterocycles. The molecular formula is C30H23F7N4O3S. The highest BCUT2D eigenvalue weighted by atomic mass is 32.2. The summed E-state index contributed by atoms with van der Waals surface area (Å²) in [4.78, 5) is 21.7.